The molecule has 1 aromatic heterocycles. The Balaban J connectivity index is 2.77. The molecule has 0 aromatic carbocycles. The summed E-state index contributed by atoms with van der Waals surface area (Å²) in [7, 11) is 0. The highest BCUT2D eigenvalue weighted by Crippen LogP contribution is 2.21. The summed E-state index contributed by atoms with van der Waals surface area (Å²) in [5, 5.41) is 1.11. The molecule has 0 saturated heterocycles. The van der Waals surface area contributed by atoms with E-state index in [1.54, 1.807) is 23.6 Å². The molecule has 0 aliphatic carbocycles. The molecule has 1 aromatic rings. The second kappa shape index (κ2) is 4.16. The van der Waals surface area contributed by atoms with Gasteiger partial charge in [-0.2, -0.15) is 0 Å². The quantitative estimate of drug-likeness (QED) is 0.529. The van der Waals surface area contributed by atoms with E-state index in [1.807, 2.05) is 0 Å². The summed E-state index contributed by atoms with van der Waals surface area (Å²) in [5.74, 6) is 0.466. The van der Waals surface area contributed by atoms with Crippen LogP contribution in [0, 0.1) is 0 Å². The minimum absolute atomic E-state index is 0.466. The Bertz CT molecular complexity index is 288. The Labute approximate surface area is 76.0 Å². The molecule has 2 nitrogen and oxygen atoms in total. The van der Waals surface area contributed by atoms with Gasteiger partial charge in [-0.3, -0.25) is 4.79 Å². The lowest BCUT2D eigenvalue weighted by Gasteiger charge is -1.94. The first kappa shape index (κ1) is 9.13. The monoisotopic (exact) mass is 181 g/mol. The highest BCUT2D eigenvalue weighted by atomic mass is 32.1. The molecule has 0 unspecified atom stereocenters. The van der Waals surface area contributed by atoms with Crippen LogP contribution in [0.2, 0.25) is 0 Å². The highest BCUT2D eigenvalue weighted by Gasteiger charge is 2.02. The van der Waals surface area contributed by atoms with Gasteiger partial charge in [-0.1, -0.05) is 13.8 Å². The van der Waals surface area contributed by atoms with Gasteiger partial charge in [-0.25, -0.2) is 4.98 Å². The maximum Gasteiger partial charge on any atom is 0.142 e. The normalized spacial score (nSPS) is 11.2. The van der Waals surface area contributed by atoms with E-state index >= 15 is 0 Å². The summed E-state index contributed by atoms with van der Waals surface area (Å²) in [6.07, 6.45) is 5.82. The molecule has 64 valence electrons. The van der Waals surface area contributed by atoms with Crippen molar-refractivity contribution < 1.29 is 4.79 Å². The van der Waals surface area contributed by atoms with Gasteiger partial charge in [0.2, 0.25) is 0 Å². The van der Waals surface area contributed by atoms with E-state index in [1.165, 1.54) is 6.08 Å². The van der Waals surface area contributed by atoms with Gasteiger partial charge in [0.15, 0.2) is 0 Å². The predicted molar refractivity (Wildman–Crippen MR) is 51.3 cm³/mol. The van der Waals surface area contributed by atoms with E-state index in [0.29, 0.717) is 5.92 Å². The summed E-state index contributed by atoms with van der Waals surface area (Å²) >= 11 is 1.62. The van der Waals surface area contributed by atoms with Gasteiger partial charge in [0.1, 0.15) is 6.29 Å². The molecule has 1 rings (SSSR count). The summed E-state index contributed by atoms with van der Waals surface area (Å²) in [4.78, 5) is 15.3. The smallest absolute Gasteiger partial charge is 0.142 e. The fourth-order valence-corrected chi connectivity index (χ4v) is 1.61. The van der Waals surface area contributed by atoms with Crippen molar-refractivity contribution >= 4 is 23.7 Å². The fourth-order valence-electron chi connectivity index (χ4n) is 0.779. The van der Waals surface area contributed by atoms with Gasteiger partial charge in [-0.15, -0.1) is 11.3 Å². The van der Waals surface area contributed by atoms with Gasteiger partial charge in [0, 0.05) is 17.0 Å². The van der Waals surface area contributed by atoms with Crippen LogP contribution in [-0.2, 0) is 4.79 Å². The number of nitrogens with zero attached hydrogens (tertiary/aromatic N) is 1. The van der Waals surface area contributed by atoms with Gasteiger partial charge < -0.3 is 0 Å². The molecule has 0 amide bonds. The van der Waals surface area contributed by atoms with Crippen molar-refractivity contribution in [3.05, 3.63) is 22.2 Å². The molecule has 0 radical (unpaired) electrons. The van der Waals surface area contributed by atoms with Crippen molar-refractivity contribution in [2.45, 2.75) is 19.8 Å². The molecule has 0 N–H and O–H groups in total. The highest BCUT2D eigenvalue weighted by molar-refractivity contribution is 7.12. The van der Waals surface area contributed by atoms with Gasteiger partial charge in [-0.05, 0) is 12.2 Å². The van der Waals surface area contributed by atoms with Crippen molar-refractivity contribution in [2.24, 2.45) is 0 Å². The largest absolute Gasteiger partial charge is 0.299 e. The third-order valence-electron chi connectivity index (χ3n) is 1.37. The van der Waals surface area contributed by atoms with E-state index in [2.05, 4.69) is 18.8 Å². The third-order valence-corrected chi connectivity index (χ3v) is 2.64. The Hall–Kier alpha value is -0.960. The minimum atomic E-state index is 0.466. The van der Waals surface area contributed by atoms with Crippen LogP contribution < -0.4 is 0 Å². The van der Waals surface area contributed by atoms with E-state index in [4.69, 9.17) is 0 Å². The molecular formula is C9H11NOS. The lowest BCUT2D eigenvalue weighted by atomic mass is 10.2. The molecule has 0 aliphatic heterocycles. The Morgan fingerprint density at radius 2 is 2.33 bits per heavy atom. The van der Waals surface area contributed by atoms with E-state index in [9.17, 15) is 4.79 Å². The molecule has 0 bridgehead atoms. The average molecular weight is 181 g/mol. The minimum Gasteiger partial charge on any atom is -0.299 e. The number of hydrogen-bond acceptors (Lipinski definition) is 3. The lowest BCUT2D eigenvalue weighted by molar-refractivity contribution is -0.104. The van der Waals surface area contributed by atoms with Crippen LogP contribution in [0.5, 0.6) is 0 Å². The van der Waals surface area contributed by atoms with E-state index in [0.717, 1.165) is 16.2 Å². The van der Waals surface area contributed by atoms with E-state index < -0.39 is 0 Å². The van der Waals surface area contributed by atoms with Crippen LogP contribution in [0.4, 0.5) is 0 Å². The van der Waals surface area contributed by atoms with E-state index in [-0.39, 0.29) is 0 Å². The molecule has 3 heteroatoms. The third kappa shape index (κ3) is 2.27. The number of aromatic nitrogens is 1. The Morgan fingerprint density at radius 3 is 2.83 bits per heavy atom. The van der Waals surface area contributed by atoms with Crippen molar-refractivity contribution in [3.63, 3.8) is 0 Å². The van der Waals surface area contributed by atoms with Gasteiger partial charge in [0.05, 0.1) is 5.01 Å². The van der Waals surface area contributed by atoms with Crippen molar-refractivity contribution in [1.29, 1.82) is 0 Å². The second-order valence-corrected chi connectivity index (χ2v) is 3.84. The summed E-state index contributed by atoms with van der Waals surface area (Å²) in [5.41, 5.74) is 0. The van der Waals surface area contributed by atoms with Crippen LogP contribution >= 0.6 is 11.3 Å². The second-order valence-electron chi connectivity index (χ2n) is 2.75. The zero-order chi connectivity index (χ0) is 8.97. The topological polar surface area (TPSA) is 30.0 Å². The molecule has 0 saturated carbocycles. The number of allylic oxidation sites excluding steroid dienone is 1. The number of carbonyl (C=O) groups excluding carboxylic acids is 1. The fraction of sp³-hybridized carbons (Fsp3) is 0.333. The molecular weight excluding hydrogens is 170 g/mol. The zero-order valence-electron chi connectivity index (χ0n) is 7.15. The lowest BCUT2D eigenvalue weighted by Crippen LogP contribution is -1.81. The standard InChI is InChI=1S/C9H11NOS/c1-7(2)9-10-6-8(12-9)4-3-5-11/h3-7H,1-2H3/b4-3+. The molecule has 12 heavy (non-hydrogen) atoms. The van der Waals surface area contributed by atoms with Crippen LogP contribution in [-0.4, -0.2) is 11.3 Å². The number of hydrogen-bond donors (Lipinski definition) is 0. The Kier molecular flexibility index (Phi) is 3.17. The number of thiazole rings is 1. The molecule has 1 heterocycles. The molecule has 0 spiro atoms. The average Bonchev–Trinajstić information content (AvgIpc) is 2.48. The summed E-state index contributed by atoms with van der Waals surface area (Å²) < 4.78 is 0. The maximum absolute atomic E-state index is 10.0. The molecule has 0 atom stereocenters. The number of aldehydes is 1. The SMILES string of the molecule is CC(C)c1ncc(/C=C/C=O)s1. The first-order chi connectivity index (χ1) is 5.74. The molecule has 0 aliphatic rings. The van der Waals surface area contributed by atoms with Crippen molar-refractivity contribution in [2.75, 3.05) is 0 Å². The predicted octanol–water partition coefficient (Wildman–Crippen LogP) is 2.48. The van der Waals surface area contributed by atoms with Crippen LogP contribution in [0.3, 0.4) is 0 Å². The first-order valence-electron chi connectivity index (χ1n) is 3.81. The van der Waals surface area contributed by atoms with Crippen molar-refractivity contribution in [1.82, 2.24) is 4.98 Å². The van der Waals surface area contributed by atoms with Crippen molar-refractivity contribution in [3.8, 4) is 0 Å². The van der Waals surface area contributed by atoms with Crippen LogP contribution in [0.15, 0.2) is 12.3 Å². The summed E-state index contributed by atoms with van der Waals surface area (Å²) in [6, 6.07) is 0. The van der Waals surface area contributed by atoms with Crippen LogP contribution in [0.1, 0.15) is 29.7 Å². The first-order valence-corrected chi connectivity index (χ1v) is 4.63. The van der Waals surface area contributed by atoms with Crippen LogP contribution in [0.25, 0.3) is 6.08 Å². The zero-order valence-corrected chi connectivity index (χ0v) is 7.97. The number of carbonyl (C=O) groups is 1. The van der Waals surface area contributed by atoms with Gasteiger partial charge in [0.25, 0.3) is 0 Å². The Morgan fingerprint density at radius 1 is 1.58 bits per heavy atom. The van der Waals surface area contributed by atoms with Gasteiger partial charge >= 0.3 is 0 Å². The number of rotatable bonds is 3. The molecule has 0 fully saturated rings. The summed E-state index contributed by atoms with van der Waals surface area (Å²) in [6.45, 7) is 4.21. The maximum atomic E-state index is 10.0.